The fourth-order valence-electron chi connectivity index (χ4n) is 2.43. The highest BCUT2D eigenvalue weighted by Gasteiger charge is 2.19. The number of hydrogen-bond acceptors (Lipinski definition) is 4. The van der Waals surface area contributed by atoms with Gasteiger partial charge < -0.3 is 4.90 Å². The van der Waals surface area contributed by atoms with Gasteiger partial charge in [-0.3, -0.25) is 4.79 Å². The number of carbonyl (C=O) groups excluding carboxylic acids is 1. The Labute approximate surface area is 134 Å². The lowest BCUT2D eigenvalue weighted by atomic mass is 10.1. The molecule has 0 fully saturated rings. The van der Waals surface area contributed by atoms with E-state index in [4.69, 9.17) is 0 Å². The summed E-state index contributed by atoms with van der Waals surface area (Å²) in [4.78, 5) is 14.7. The molecule has 3 rings (SSSR count). The van der Waals surface area contributed by atoms with Crippen molar-refractivity contribution in [1.82, 2.24) is 25.1 Å². The number of carbonyl (C=O) groups is 1. The van der Waals surface area contributed by atoms with Crippen molar-refractivity contribution in [1.29, 1.82) is 0 Å². The van der Waals surface area contributed by atoms with Crippen molar-refractivity contribution in [2.75, 3.05) is 6.54 Å². The molecule has 1 aromatic heterocycles. The molecule has 0 unspecified atom stereocenters. The monoisotopic (exact) mass is 307 g/mol. The number of aromatic nitrogens is 4. The minimum absolute atomic E-state index is 0.0394. The highest BCUT2D eigenvalue weighted by molar-refractivity contribution is 5.97. The maximum Gasteiger partial charge on any atom is 0.256 e. The summed E-state index contributed by atoms with van der Waals surface area (Å²) >= 11 is 0. The lowest BCUT2D eigenvalue weighted by Crippen LogP contribution is -2.31. The highest BCUT2D eigenvalue weighted by Crippen LogP contribution is 2.16. The smallest absolute Gasteiger partial charge is 0.256 e. The Morgan fingerprint density at radius 1 is 1.09 bits per heavy atom. The summed E-state index contributed by atoms with van der Waals surface area (Å²) in [6.45, 7) is 3.16. The van der Waals surface area contributed by atoms with Crippen LogP contribution in [0.25, 0.3) is 5.69 Å². The first-order chi connectivity index (χ1) is 11.3. The van der Waals surface area contributed by atoms with E-state index in [2.05, 4.69) is 15.5 Å². The summed E-state index contributed by atoms with van der Waals surface area (Å²) in [5.74, 6) is -0.0394. The average Bonchev–Trinajstić information content (AvgIpc) is 3.14. The van der Waals surface area contributed by atoms with Crippen molar-refractivity contribution in [3.63, 3.8) is 0 Å². The van der Waals surface area contributed by atoms with Crippen LogP contribution in [0.4, 0.5) is 0 Å². The maximum absolute atomic E-state index is 12.9. The van der Waals surface area contributed by atoms with Crippen molar-refractivity contribution >= 4 is 5.91 Å². The zero-order chi connectivity index (χ0) is 16.1. The predicted molar refractivity (Wildman–Crippen MR) is 86.0 cm³/mol. The fraction of sp³-hybridized carbons (Fsp3) is 0.176. The third-order valence-corrected chi connectivity index (χ3v) is 3.62. The van der Waals surface area contributed by atoms with Crippen LogP contribution in [0.15, 0.2) is 60.9 Å². The van der Waals surface area contributed by atoms with Gasteiger partial charge in [-0.15, -0.1) is 5.10 Å². The van der Waals surface area contributed by atoms with Crippen molar-refractivity contribution in [2.24, 2.45) is 0 Å². The van der Waals surface area contributed by atoms with Gasteiger partial charge in [-0.1, -0.05) is 42.5 Å². The summed E-state index contributed by atoms with van der Waals surface area (Å²) in [6.07, 6.45) is 1.49. The Balaban J connectivity index is 1.90. The van der Waals surface area contributed by atoms with Gasteiger partial charge in [0.25, 0.3) is 5.91 Å². The quantitative estimate of drug-likeness (QED) is 0.725. The third-order valence-electron chi connectivity index (χ3n) is 3.62. The number of nitrogens with zero attached hydrogens (tertiary/aromatic N) is 5. The molecule has 0 radical (unpaired) electrons. The van der Waals surface area contributed by atoms with E-state index < -0.39 is 0 Å². The molecule has 0 N–H and O–H groups in total. The van der Waals surface area contributed by atoms with E-state index in [0.717, 1.165) is 5.56 Å². The molecule has 3 aromatic rings. The second-order valence-electron chi connectivity index (χ2n) is 5.08. The predicted octanol–water partition coefficient (Wildman–Crippen LogP) is 2.32. The molecule has 0 aliphatic carbocycles. The second-order valence-corrected chi connectivity index (χ2v) is 5.08. The molecule has 0 saturated carbocycles. The van der Waals surface area contributed by atoms with Crippen molar-refractivity contribution in [2.45, 2.75) is 13.5 Å². The molecule has 6 heteroatoms. The van der Waals surface area contributed by atoms with Gasteiger partial charge in [0.2, 0.25) is 0 Å². The van der Waals surface area contributed by atoms with Gasteiger partial charge >= 0.3 is 0 Å². The molecule has 0 aliphatic heterocycles. The topological polar surface area (TPSA) is 63.9 Å². The Kier molecular flexibility index (Phi) is 4.42. The zero-order valence-electron chi connectivity index (χ0n) is 12.8. The number of rotatable bonds is 5. The van der Waals surface area contributed by atoms with E-state index in [1.54, 1.807) is 11.0 Å². The summed E-state index contributed by atoms with van der Waals surface area (Å²) < 4.78 is 1.50. The molecule has 2 aromatic carbocycles. The number of tetrazole rings is 1. The SMILES string of the molecule is CCN(Cc1ccccc1)C(=O)c1ccccc1-n1cnnn1. The number of amides is 1. The van der Waals surface area contributed by atoms with Crippen LogP contribution < -0.4 is 0 Å². The minimum atomic E-state index is -0.0394. The van der Waals surface area contributed by atoms with Gasteiger partial charge in [-0.2, -0.15) is 4.68 Å². The first-order valence-electron chi connectivity index (χ1n) is 7.45. The van der Waals surface area contributed by atoms with Crippen LogP contribution in [0.1, 0.15) is 22.8 Å². The molecule has 1 amide bonds. The van der Waals surface area contributed by atoms with Gasteiger partial charge in [0.05, 0.1) is 11.3 Å². The van der Waals surface area contributed by atoms with Crippen LogP contribution in [0, 0.1) is 0 Å². The van der Waals surface area contributed by atoms with Gasteiger partial charge in [0, 0.05) is 13.1 Å². The van der Waals surface area contributed by atoms with Crippen LogP contribution in [-0.4, -0.2) is 37.6 Å². The van der Waals surface area contributed by atoms with Crippen LogP contribution in [0.2, 0.25) is 0 Å². The van der Waals surface area contributed by atoms with E-state index in [1.165, 1.54) is 11.0 Å². The lowest BCUT2D eigenvalue weighted by Gasteiger charge is -2.22. The van der Waals surface area contributed by atoms with Crippen molar-refractivity contribution in [3.8, 4) is 5.69 Å². The summed E-state index contributed by atoms with van der Waals surface area (Å²) in [5.41, 5.74) is 2.36. The van der Waals surface area contributed by atoms with Crippen molar-refractivity contribution < 1.29 is 4.79 Å². The Hall–Kier alpha value is -3.02. The van der Waals surface area contributed by atoms with Crippen molar-refractivity contribution in [3.05, 3.63) is 72.1 Å². The number of hydrogen-bond donors (Lipinski definition) is 0. The van der Waals surface area contributed by atoms with Gasteiger partial charge in [-0.05, 0) is 35.0 Å². The molecule has 23 heavy (non-hydrogen) atoms. The first-order valence-corrected chi connectivity index (χ1v) is 7.45. The second kappa shape index (κ2) is 6.83. The molecule has 0 atom stereocenters. The minimum Gasteiger partial charge on any atom is -0.335 e. The van der Waals surface area contributed by atoms with Gasteiger partial charge in [-0.25, -0.2) is 0 Å². The Bertz CT molecular complexity index is 771. The molecule has 0 bridgehead atoms. The molecule has 0 saturated heterocycles. The molecule has 0 spiro atoms. The zero-order valence-corrected chi connectivity index (χ0v) is 12.8. The maximum atomic E-state index is 12.9. The van der Waals surface area contributed by atoms with E-state index in [-0.39, 0.29) is 5.91 Å². The molecule has 6 nitrogen and oxygen atoms in total. The molecular weight excluding hydrogens is 290 g/mol. The lowest BCUT2D eigenvalue weighted by molar-refractivity contribution is 0.0752. The molecule has 0 aliphatic rings. The normalized spacial score (nSPS) is 10.5. The van der Waals surface area contributed by atoms with E-state index in [9.17, 15) is 4.79 Å². The fourth-order valence-corrected chi connectivity index (χ4v) is 2.43. The van der Waals surface area contributed by atoms with Gasteiger partial charge in [0.15, 0.2) is 0 Å². The van der Waals surface area contributed by atoms with Crippen LogP contribution in [0.5, 0.6) is 0 Å². The summed E-state index contributed by atoms with van der Waals surface area (Å²) in [7, 11) is 0. The standard InChI is InChI=1S/C17H17N5O/c1-2-21(12-14-8-4-3-5-9-14)17(23)15-10-6-7-11-16(15)22-13-18-19-20-22/h3-11,13H,2,12H2,1H3. The highest BCUT2D eigenvalue weighted by atomic mass is 16.2. The Morgan fingerprint density at radius 2 is 1.83 bits per heavy atom. The molecular formula is C17H17N5O. The van der Waals surface area contributed by atoms with E-state index in [1.807, 2.05) is 55.5 Å². The Morgan fingerprint density at radius 3 is 2.52 bits per heavy atom. The van der Waals surface area contributed by atoms with E-state index >= 15 is 0 Å². The van der Waals surface area contributed by atoms with Crippen LogP contribution in [-0.2, 0) is 6.54 Å². The van der Waals surface area contributed by atoms with Crippen LogP contribution in [0.3, 0.4) is 0 Å². The first kappa shape index (κ1) is 14.9. The average molecular weight is 307 g/mol. The molecule has 1 heterocycles. The largest absolute Gasteiger partial charge is 0.335 e. The number of para-hydroxylation sites is 1. The summed E-state index contributed by atoms with van der Waals surface area (Å²) in [6, 6.07) is 17.3. The molecule has 116 valence electrons. The van der Waals surface area contributed by atoms with Crippen LogP contribution >= 0.6 is 0 Å². The van der Waals surface area contributed by atoms with E-state index in [0.29, 0.717) is 24.3 Å². The number of benzene rings is 2. The summed E-state index contributed by atoms with van der Waals surface area (Å²) in [5, 5.41) is 11.2. The third kappa shape index (κ3) is 3.26. The van der Waals surface area contributed by atoms with Gasteiger partial charge in [0.1, 0.15) is 6.33 Å².